The predicted molar refractivity (Wildman–Crippen MR) is 113 cm³/mol. The lowest BCUT2D eigenvalue weighted by molar-refractivity contribution is -0.130. The summed E-state index contributed by atoms with van der Waals surface area (Å²) in [5.41, 5.74) is 3.27. The summed E-state index contributed by atoms with van der Waals surface area (Å²) in [5.74, 6) is 0.514. The van der Waals surface area contributed by atoms with Gasteiger partial charge in [0.2, 0.25) is 0 Å². The third kappa shape index (κ3) is 4.81. The number of ether oxygens (including phenoxy) is 2. The van der Waals surface area contributed by atoms with Gasteiger partial charge in [-0.2, -0.15) is 0 Å². The number of aryl methyl sites for hydroxylation is 1. The van der Waals surface area contributed by atoms with E-state index < -0.39 is 5.97 Å². The quantitative estimate of drug-likeness (QED) is 0.408. The van der Waals surface area contributed by atoms with Crippen LogP contribution in [-0.4, -0.2) is 24.3 Å². The molecule has 3 aromatic rings. The SMILES string of the molecule is Cc1cccc(OCCOc2ccccc2/C=C(\C(=O)O)c2cccs2)c1C. The van der Waals surface area contributed by atoms with Crippen LogP contribution in [0.25, 0.3) is 11.6 Å². The number of rotatable bonds is 8. The Labute approximate surface area is 168 Å². The van der Waals surface area contributed by atoms with E-state index in [0.717, 1.165) is 16.9 Å². The average molecular weight is 394 g/mol. The number of hydrogen-bond donors (Lipinski definition) is 1. The Morgan fingerprint density at radius 2 is 1.68 bits per heavy atom. The fraction of sp³-hybridized carbons (Fsp3) is 0.174. The second kappa shape index (κ2) is 9.24. The molecule has 0 saturated heterocycles. The van der Waals surface area contributed by atoms with Crippen LogP contribution in [0.4, 0.5) is 0 Å². The van der Waals surface area contributed by atoms with Crippen LogP contribution >= 0.6 is 11.3 Å². The maximum atomic E-state index is 11.7. The highest BCUT2D eigenvalue weighted by molar-refractivity contribution is 7.11. The van der Waals surface area contributed by atoms with Crippen LogP contribution in [0.1, 0.15) is 21.6 Å². The van der Waals surface area contributed by atoms with Gasteiger partial charge in [0.1, 0.15) is 24.7 Å². The maximum Gasteiger partial charge on any atom is 0.337 e. The van der Waals surface area contributed by atoms with Crippen LogP contribution in [0.2, 0.25) is 0 Å². The molecule has 0 amide bonds. The van der Waals surface area contributed by atoms with E-state index in [1.807, 2.05) is 54.8 Å². The van der Waals surface area contributed by atoms with Crippen LogP contribution in [0.3, 0.4) is 0 Å². The van der Waals surface area contributed by atoms with Gasteiger partial charge in [0.15, 0.2) is 0 Å². The number of aliphatic carboxylic acids is 1. The zero-order valence-electron chi connectivity index (χ0n) is 15.8. The highest BCUT2D eigenvalue weighted by atomic mass is 32.1. The molecule has 5 heteroatoms. The normalized spacial score (nSPS) is 11.3. The molecule has 1 N–H and O–H groups in total. The monoisotopic (exact) mass is 394 g/mol. The summed E-state index contributed by atoms with van der Waals surface area (Å²) < 4.78 is 11.7. The molecule has 2 aromatic carbocycles. The maximum absolute atomic E-state index is 11.7. The third-order valence-corrected chi connectivity index (χ3v) is 5.29. The second-order valence-corrected chi connectivity index (χ2v) is 7.22. The van der Waals surface area contributed by atoms with Gasteiger partial charge in [0.05, 0.1) is 5.57 Å². The minimum atomic E-state index is -0.962. The molecule has 0 unspecified atom stereocenters. The van der Waals surface area contributed by atoms with E-state index in [1.54, 1.807) is 12.1 Å². The molecular weight excluding hydrogens is 372 g/mol. The predicted octanol–water partition coefficient (Wildman–Crippen LogP) is 5.45. The molecule has 0 radical (unpaired) electrons. The van der Waals surface area contributed by atoms with Crippen molar-refractivity contribution < 1.29 is 19.4 Å². The molecular formula is C23H22O4S. The molecule has 3 rings (SSSR count). The average Bonchev–Trinajstić information content (AvgIpc) is 3.21. The smallest absolute Gasteiger partial charge is 0.337 e. The van der Waals surface area contributed by atoms with E-state index in [0.29, 0.717) is 23.8 Å². The summed E-state index contributed by atoms with van der Waals surface area (Å²) in [6, 6.07) is 17.0. The summed E-state index contributed by atoms with van der Waals surface area (Å²) in [6.45, 7) is 4.84. The van der Waals surface area contributed by atoms with Gasteiger partial charge in [0.25, 0.3) is 0 Å². The van der Waals surface area contributed by atoms with Gasteiger partial charge in [-0.1, -0.05) is 36.4 Å². The Balaban J connectivity index is 1.69. The fourth-order valence-corrected chi connectivity index (χ4v) is 3.47. The summed E-state index contributed by atoms with van der Waals surface area (Å²) in [7, 11) is 0. The van der Waals surface area contributed by atoms with Gasteiger partial charge in [-0.05, 0) is 54.6 Å². The zero-order valence-corrected chi connectivity index (χ0v) is 16.7. The summed E-state index contributed by atoms with van der Waals surface area (Å²) in [4.78, 5) is 12.4. The molecule has 1 aromatic heterocycles. The fourth-order valence-electron chi connectivity index (χ4n) is 2.74. The van der Waals surface area contributed by atoms with Gasteiger partial charge in [-0.3, -0.25) is 0 Å². The molecule has 0 aliphatic rings. The van der Waals surface area contributed by atoms with Crippen molar-refractivity contribution in [2.24, 2.45) is 0 Å². The van der Waals surface area contributed by atoms with Crippen molar-refractivity contribution in [1.82, 2.24) is 0 Å². The van der Waals surface area contributed by atoms with Crippen molar-refractivity contribution in [3.8, 4) is 11.5 Å². The number of thiophene rings is 1. The largest absolute Gasteiger partial charge is 0.490 e. The standard InChI is InChI=1S/C23H22O4S/c1-16-7-5-10-20(17(16)2)26-12-13-27-21-9-4-3-8-18(21)15-19(23(24)25)22-11-6-14-28-22/h3-11,14-15H,12-13H2,1-2H3,(H,24,25)/b19-15-. The van der Waals surface area contributed by atoms with E-state index >= 15 is 0 Å². The van der Waals surface area contributed by atoms with Crippen molar-refractivity contribution in [2.75, 3.05) is 13.2 Å². The molecule has 144 valence electrons. The van der Waals surface area contributed by atoms with Crippen LogP contribution in [0.5, 0.6) is 11.5 Å². The third-order valence-electron chi connectivity index (χ3n) is 4.39. The van der Waals surface area contributed by atoms with E-state index in [2.05, 4.69) is 13.0 Å². The zero-order chi connectivity index (χ0) is 19.9. The first-order valence-corrected chi connectivity index (χ1v) is 9.84. The van der Waals surface area contributed by atoms with E-state index in [-0.39, 0.29) is 5.57 Å². The lowest BCUT2D eigenvalue weighted by Crippen LogP contribution is -2.10. The minimum Gasteiger partial charge on any atom is -0.490 e. The van der Waals surface area contributed by atoms with E-state index in [9.17, 15) is 9.90 Å². The van der Waals surface area contributed by atoms with Crippen molar-refractivity contribution in [3.63, 3.8) is 0 Å². The number of benzene rings is 2. The Morgan fingerprint density at radius 3 is 2.39 bits per heavy atom. The van der Waals surface area contributed by atoms with Gasteiger partial charge in [0, 0.05) is 10.4 Å². The second-order valence-electron chi connectivity index (χ2n) is 6.27. The number of carboxylic acid groups (broad SMARTS) is 1. The molecule has 28 heavy (non-hydrogen) atoms. The van der Waals surface area contributed by atoms with Crippen molar-refractivity contribution in [2.45, 2.75) is 13.8 Å². The molecule has 0 atom stereocenters. The van der Waals surface area contributed by atoms with Crippen molar-refractivity contribution in [3.05, 3.63) is 81.5 Å². The topological polar surface area (TPSA) is 55.8 Å². The Kier molecular flexibility index (Phi) is 6.50. The highest BCUT2D eigenvalue weighted by Gasteiger charge is 2.13. The molecule has 0 aliphatic heterocycles. The lowest BCUT2D eigenvalue weighted by Gasteiger charge is -2.13. The first-order valence-electron chi connectivity index (χ1n) is 8.96. The van der Waals surface area contributed by atoms with Gasteiger partial charge < -0.3 is 14.6 Å². The lowest BCUT2D eigenvalue weighted by atomic mass is 10.1. The molecule has 1 heterocycles. The van der Waals surface area contributed by atoms with E-state index in [1.165, 1.54) is 16.9 Å². The van der Waals surface area contributed by atoms with E-state index in [4.69, 9.17) is 9.47 Å². The molecule has 0 aliphatic carbocycles. The summed E-state index contributed by atoms with van der Waals surface area (Å²) >= 11 is 1.40. The van der Waals surface area contributed by atoms with Gasteiger partial charge >= 0.3 is 5.97 Å². The molecule has 0 spiro atoms. The van der Waals surface area contributed by atoms with Crippen LogP contribution in [0.15, 0.2) is 60.0 Å². The number of hydrogen-bond acceptors (Lipinski definition) is 4. The summed E-state index contributed by atoms with van der Waals surface area (Å²) in [5, 5.41) is 11.4. The minimum absolute atomic E-state index is 0.248. The number of carbonyl (C=O) groups is 1. The number of para-hydroxylation sites is 1. The Morgan fingerprint density at radius 1 is 0.964 bits per heavy atom. The molecule has 4 nitrogen and oxygen atoms in total. The van der Waals surface area contributed by atoms with Gasteiger partial charge in [-0.25, -0.2) is 4.79 Å². The molecule has 0 bridgehead atoms. The van der Waals surface area contributed by atoms with Crippen LogP contribution < -0.4 is 9.47 Å². The first kappa shape index (κ1) is 19.7. The van der Waals surface area contributed by atoms with Crippen LogP contribution in [0, 0.1) is 13.8 Å². The Hall–Kier alpha value is -3.05. The number of carboxylic acids is 1. The molecule has 0 fully saturated rings. The first-order chi connectivity index (χ1) is 13.6. The van der Waals surface area contributed by atoms with Crippen LogP contribution in [-0.2, 0) is 4.79 Å². The Bertz CT molecular complexity index is 974. The summed E-state index contributed by atoms with van der Waals surface area (Å²) in [6.07, 6.45) is 1.65. The van der Waals surface area contributed by atoms with Gasteiger partial charge in [-0.15, -0.1) is 11.3 Å². The highest BCUT2D eigenvalue weighted by Crippen LogP contribution is 2.27. The molecule has 0 saturated carbocycles. The van der Waals surface area contributed by atoms with Crippen molar-refractivity contribution in [1.29, 1.82) is 0 Å². The van der Waals surface area contributed by atoms with Crippen molar-refractivity contribution >= 4 is 29.0 Å².